The van der Waals surface area contributed by atoms with Gasteiger partial charge in [0.1, 0.15) is 0 Å². The zero-order valence-electron chi connectivity index (χ0n) is 17.6. The minimum atomic E-state index is -0.0316. The van der Waals surface area contributed by atoms with Gasteiger partial charge >= 0.3 is 0 Å². The van der Waals surface area contributed by atoms with Gasteiger partial charge in [0.05, 0.1) is 10.9 Å². The molecule has 1 saturated carbocycles. The van der Waals surface area contributed by atoms with Crippen molar-refractivity contribution >= 4 is 29.7 Å². The van der Waals surface area contributed by atoms with E-state index >= 15 is 0 Å². The van der Waals surface area contributed by atoms with Crippen LogP contribution in [0.15, 0.2) is 59.5 Å². The molecule has 1 aliphatic heterocycles. The van der Waals surface area contributed by atoms with E-state index in [1.54, 1.807) is 11.8 Å². The Hall–Kier alpha value is -2.53. The maximum absolute atomic E-state index is 13.1. The Morgan fingerprint density at radius 2 is 1.84 bits per heavy atom. The minimum Gasteiger partial charge on any atom is -0.349 e. The Bertz CT molecular complexity index is 1000. The van der Waals surface area contributed by atoms with Crippen molar-refractivity contribution in [1.82, 2.24) is 10.6 Å². The molecule has 0 spiro atoms. The number of nitrogens with one attached hydrogen (secondary N) is 2. The van der Waals surface area contributed by atoms with Crippen LogP contribution in [0.2, 0.25) is 0 Å². The summed E-state index contributed by atoms with van der Waals surface area (Å²) in [5, 5.41) is 6.85. The summed E-state index contributed by atoms with van der Waals surface area (Å²) in [4.78, 5) is 26.6. The molecule has 5 heteroatoms. The van der Waals surface area contributed by atoms with Gasteiger partial charge in [0.25, 0.3) is 5.91 Å². The number of hydrogen-bond acceptors (Lipinski definition) is 3. The highest BCUT2D eigenvalue weighted by atomic mass is 32.2. The number of rotatable bonds is 3. The van der Waals surface area contributed by atoms with E-state index in [2.05, 4.69) is 34.9 Å². The first-order chi connectivity index (χ1) is 15.2. The van der Waals surface area contributed by atoms with Crippen molar-refractivity contribution in [3.63, 3.8) is 0 Å². The minimum absolute atomic E-state index is 0.0163. The van der Waals surface area contributed by atoms with Gasteiger partial charge in [0.2, 0.25) is 5.91 Å². The molecule has 3 aliphatic rings. The van der Waals surface area contributed by atoms with Crippen LogP contribution in [0.1, 0.15) is 54.8 Å². The fourth-order valence-electron chi connectivity index (χ4n) is 5.12. The monoisotopic (exact) mass is 432 g/mol. The zero-order valence-corrected chi connectivity index (χ0v) is 18.4. The van der Waals surface area contributed by atoms with Crippen molar-refractivity contribution in [2.45, 2.75) is 55.9 Å². The zero-order chi connectivity index (χ0) is 21.2. The summed E-state index contributed by atoms with van der Waals surface area (Å²) in [7, 11) is 0. The molecule has 31 heavy (non-hydrogen) atoms. The fourth-order valence-corrected chi connectivity index (χ4v) is 6.42. The summed E-state index contributed by atoms with van der Waals surface area (Å²) >= 11 is 1.68. The molecule has 1 heterocycles. The van der Waals surface area contributed by atoms with E-state index < -0.39 is 0 Å². The van der Waals surface area contributed by atoms with Crippen molar-refractivity contribution in [3.8, 4) is 0 Å². The Morgan fingerprint density at radius 3 is 2.71 bits per heavy atom. The van der Waals surface area contributed by atoms with E-state index in [1.165, 1.54) is 11.1 Å². The molecule has 2 amide bonds. The van der Waals surface area contributed by atoms with Crippen molar-refractivity contribution in [2.24, 2.45) is 5.92 Å². The van der Waals surface area contributed by atoms with E-state index in [0.717, 1.165) is 49.0 Å². The lowest BCUT2D eigenvalue weighted by Gasteiger charge is -2.39. The molecule has 0 aromatic heterocycles. The van der Waals surface area contributed by atoms with Crippen LogP contribution in [-0.2, 0) is 16.0 Å². The predicted octanol–water partition coefficient (Wildman–Crippen LogP) is 4.62. The fraction of sp³-hybridized carbons (Fsp3) is 0.385. The maximum Gasteiger partial charge on any atom is 0.257 e. The number of thioether (sulfide) groups is 1. The molecule has 4 unspecified atom stereocenters. The second-order valence-corrected chi connectivity index (χ2v) is 10.1. The summed E-state index contributed by atoms with van der Waals surface area (Å²) in [6.45, 7) is 0. The second kappa shape index (κ2) is 8.91. The average Bonchev–Trinajstić information content (AvgIpc) is 2.80. The SMILES string of the molecule is O=C1NC2CC(C(=O)NC3CCCc4ccccc43)CCC2S/C1=C\c1ccccc1. The Kier molecular flexibility index (Phi) is 5.86. The van der Waals surface area contributed by atoms with Crippen molar-refractivity contribution in [2.75, 3.05) is 0 Å². The summed E-state index contributed by atoms with van der Waals surface area (Å²) in [6.07, 6.45) is 7.72. The first kappa shape index (κ1) is 20.4. The highest BCUT2D eigenvalue weighted by Crippen LogP contribution is 2.40. The number of fused-ring (bicyclic) bond motifs is 2. The average molecular weight is 433 g/mol. The van der Waals surface area contributed by atoms with Crippen LogP contribution < -0.4 is 10.6 Å². The molecule has 1 saturated heterocycles. The highest BCUT2D eigenvalue weighted by Gasteiger charge is 2.40. The van der Waals surface area contributed by atoms with E-state index in [-0.39, 0.29) is 29.8 Å². The summed E-state index contributed by atoms with van der Waals surface area (Å²) in [5.74, 6) is 0.0956. The lowest BCUT2D eigenvalue weighted by atomic mass is 9.83. The van der Waals surface area contributed by atoms with Crippen molar-refractivity contribution < 1.29 is 9.59 Å². The molecule has 2 fully saturated rings. The van der Waals surface area contributed by atoms with E-state index in [1.807, 2.05) is 36.4 Å². The molecule has 2 aromatic rings. The van der Waals surface area contributed by atoms with Gasteiger partial charge in [-0.1, -0.05) is 54.6 Å². The van der Waals surface area contributed by atoms with Crippen molar-refractivity contribution in [3.05, 3.63) is 76.2 Å². The number of hydrogen-bond donors (Lipinski definition) is 2. The van der Waals surface area contributed by atoms with Gasteiger partial charge in [-0.15, -0.1) is 11.8 Å². The summed E-state index contributed by atoms with van der Waals surface area (Å²) < 4.78 is 0. The number of carbonyl (C=O) groups is 2. The van der Waals surface area contributed by atoms with Gasteiger partial charge in [-0.3, -0.25) is 9.59 Å². The molecule has 2 aliphatic carbocycles. The summed E-state index contributed by atoms with van der Waals surface area (Å²) in [5.41, 5.74) is 3.67. The van der Waals surface area contributed by atoms with Crippen LogP contribution in [0.25, 0.3) is 6.08 Å². The third kappa shape index (κ3) is 4.42. The lowest BCUT2D eigenvalue weighted by molar-refractivity contribution is -0.128. The van der Waals surface area contributed by atoms with Crippen LogP contribution in [0.3, 0.4) is 0 Å². The van der Waals surface area contributed by atoms with E-state index in [0.29, 0.717) is 5.25 Å². The van der Waals surface area contributed by atoms with Crippen LogP contribution >= 0.6 is 11.8 Å². The van der Waals surface area contributed by atoms with Gasteiger partial charge in [-0.2, -0.15) is 0 Å². The number of carbonyl (C=O) groups excluding carboxylic acids is 2. The molecule has 2 aromatic carbocycles. The normalized spacial score (nSPS) is 28.9. The van der Waals surface area contributed by atoms with Crippen LogP contribution in [0.5, 0.6) is 0 Å². The molecule has 4 nitrogen and oxygen atoms in total. The Labute approximate surface area is 187 Å². The topological polar surface area (TPSA) is 58.2 Å². The Balaban J connectivity index is 1.22. The van der Waals surface area contributed by atoms with Gasteiger partial charge in [-0.25, -0.2) is 0 Å². The molecule has 0 bridgehead atoms. The van der Waals surface area contributed by atoms with E-state index in [9.17, 15) is 9.59 Å². The van der Waals surface area contributed by atoms with Crippen LogP contribution in [0.4, 0.5) is 0 Å². The van der Waals surface area contributed by atoms with Crippen LogP contribution in [-0.4, -0.2) is 23.1 Å². The highest BCUT2D eigenvalue weighted by molar-refractivity contribution is 8.04. The Morgan fingerprint density at radius 1 is 1.03 bits per heavy atom. The third-order valence-electron chi connectivity index (χ3n) is 6.76. The molecule has 2 N–H and O–H groups in total. The summed E-state index contributed by atoms with van der Waals surface area (Å²) in [6, 6.07) is 18.6. The van der Waals surface area contributed by atoms with Gasteiger partial charge in [0.15, 0.2) is 0 Å². The molecule has 5 rings (SSSR count). The third-order valence-corrected chi connectivity index (χ3v) is 8.18. The largest absolute Gasteiger partial charge is 0.349 e. The van der Waals surface area contributed by atoms with Gasteiger partial charge in [-0.05, 0) is 61.3 Å². The molecule has 4 atom stereocenters. The molecular formula is C26H28N2O2S. The molecule has 160 valence electrons. The number of benzene rings is 2. The van der Waals surface area contributed by atoms with Crippen LogP contribution in [0, 0.1) is 5.92 Å². The predicted molar refractivity (Wildman–Crippen MR) is 125 cm³/mol. The smallest absolute Gasteiger partial charge is 0.257 e. The van der Waals surface area contributed by atoms with Gasteiger partial charge in [0, 0.05) is 17.2 Å². The molecular weight excluding hydrogens is 404 g/mol. The van der Waals surface area contributed by atoms with E-state index in [4.69, 9.17) is 0 Å². The van der Waals surface area contributed by atoms with Gasteiger partial charge < -0.3 is 10.6 Å². The second-order valence-electron chi connectivity index (χ2n) is 8.82. The first-order valence-electron chi connectivity index (χ1n) is 11.3. The first-order valence-corrected chi connectivity index (χ1v) is 12.2. The standard InChI is InChI=1S/C26H28N2O2S/c29-25(27-21-12-6-10-18-9-4-5-11-20(18)21)19-13-14-23-22(16-19)28-26(30)24(31-23)15-17-7-2-1-3-8-17/h1-5,7-9,11,15,19,21-23H,6,10,12-14,16H2,(H,27,29)(H,28,30)/b24-15-. The van der Waals surface area contributed by atoms with Crippen molar-refractivity contribution in [1.29, 1.82) is 0 Å². The number of aryl methyl sites for hydroxylation is 1. The lowest BCUT2D eigenvalue weighted by Crippen LogP contribution is -2.51. The maximum atomic E-state index is 13.1. The quantitative estimate of drug-likeness (QED) is 0.696. The number of amides is 2. The molecule has 0 radical (unpaired) electrons.